The van der Waals surface area contributed by atoms with Crippen LogP contribution in [0.3, 0.4) is 0 Å². The van der Waals surface area contributed by atoms with E-state index in [1.165, 1.54) is 5.69 Å². The molecule has 0 saturated carbocycles. The zero-order chi connectivity index (χ0) is 16.1. The smallest absolute Gasteiger partial charge is 0.0802 e. The second kappa shape index (κ2) is 7.82. The van der Waals surface area contributed by atoms with E-state index in [1.807, 2.05) is 42.5 Å². The van der Waals surface area contributed by atoms with Gasteiger partial charge in [-0.05, 0) is 36.2 Å². The minimum Gasteiger partial charge on any atom is -0.388 e. The number of nitrogens with zero attached hydrogens (tertiary/aromatic N) is 2. The van der Waals surface area contributed by atoms with E-state index in [0.29, 0.717) is 0 Å². The minimum atomic E-state index is -0.370. The van der Waals surface area contributed by atoms with E-state index in [1.54, 1.807) is 0 Å². The summed E-state index contributed by atoms with van der Waals surface area (Å²) in [5.74, 6) is 0. The van der Waals surface area contributed by atoms with Crippen molar-refractivity contribution in [3.63, 3.8) is 0 Å². The van der Waals surface area contributed by atoms with E-state index >= 15 is 0 Å². The molecule has 2 aromatic carbocycles. The molecule has 0 amide bonds. The maximum atomic E-state index is 10.3. The summed E-state index contributed by atoms with van der Waals surface area (Å²) in [6.07, 6.45) is 0.413. The predicted molar refractivity (Wildman–Crippen MR) is 96.1 cm³/mol. The number of benzene rings is 2. The lowest BCUT2D eigenvalue weighted by molar-refractivity contribution is 0.139. The Morgan fingerprint density at radius 3 is 2.22 bits per heavy atom. The van der Waals surface area contributed by atoms with Crippen LogP contribution in [0.2, 0.25) is 5.02 Å². The number of aliphatic hydroxyl groups is 1. The molecule has 3 rings (SSSR count). The number of aliphatic hydroxyl groups excluding tert-OH is 1. The first-order chi connectivity index (χ1) is 11.2. The summed E-state index contributed by atoms with van der Waals surface area (Å²) in [5.41, 5.74) is 2.24. The largest absolute Gasteiger partial charge is 0.388 e. The van der Waals surface area contributed by atoms with Crippen LogP contribution in [-0.2, 0) is 0 Å². The third-order valence-electron chi connectivity index (χ3n) is 4.47. The number of rotatable bonds is 5. The summed E-state index contributed by atoms with van der Waals surface area (Å²) in [4.78, 5) is 4.82. The molecular weight excluding hydrogens is 308 g/mol. The van der Waals surface area contributed by atoms with Crippen LogP contribution in [0.25, 0.3) is 0 Å². The molecule has 1 heterocycles. The Bertz CT molecular complexity index is 595. The number of hydrogen-bond acceptors (Lipinski definition) is 3. The molecule has 1 aliphatic heterocycles. The highest BCUT2D eigenvalue weighted by atomic mass is 35.5. The first-order valence-electron chi connectivity index (χ1n) is 8.18. The zero-order valence-electron chi connectivity index (χ0n) is 13.2. The highest BCUT2D eigenvalue weighted by molar-refractivity contribution is 6.30. The molecule has 1 atom stereocenters. The summed E-state index contributed by atoms with van der Waals surface area (Å²) in [6.45, 7) is 5.03. The normalized spacial score (nSPS) is 17.2. The fourth-order valence-electron chi connectivity index (χ4n) is 3.03. The van der Waals surface area contributed by atoms with Crippen molar-refractivity contribution in [2.24, 2.45) is 0 Å². The Balaban J connectivity index is 1.45. The van der Waals surface area contributed by atoms with Gasteiger partial charge in [0.2, 0.25) is 0 Å². The lowest BCUT2D eigenvalue weighted by atomic mass is 10.1. The van der Waals surface area contributed by atoms with Gasteiger partial charge in [-0.25, -0.2) is 0 Å². The standard InChI is InChI=1S/C19H23ClN2O/c20-17-6-8-18(9-7-17)22-14-12-21(13-15-22)11-10-19(23)16-4-2-1-3-5-16/h1-9,19,23H,10-15H2/t19-/m1/s1. The molecule has 4 heteroatoms. The number of halogens is 1. The fourth-order valence-corrected chi connectivity index (χ4v) is 3.15. The molecule has 0 unspecified atom stereocenters. The highest BCUT2D eigenvalue weighted by Crippen LogP contribution is 2.20. The molecule has 3 nitrogen and oxygen atoms in total. The Kier molecular flexibility index (Phi) is 5.55. The SMILES string of the molecule is O[C@H](CCN1CCN(c2ccc(Cl)cc2)CC1)c1ccccc1. The van der Waals surface area contributed by atoms with Crippen LogP contribution in [0.4, 0.5) is 5.69 Å². The van der Waals surface area contributed by atoms with Crippen molar-refractivity contribution >= 4 is 17.3 Å². The first-order valence-corrected chi connectivity index (χ1v) is 8.56. The highest BCUT2D eigenvalue weighted by Gasteiger charge is 2.18. The molecule has 23 heavy (non-hydrogen) atoms. The number of hydrogen-bond donors (Lipinski definition) is 1. The summed E-state index contributed by atoms with van der Waals surface area (Å²) in [7, 11) is 0. The Morgan fingerprint density at radius 2 is 1.57 bits per heavy atom. The van der Waals surface area contributed by atoms with Crippen LogP contribution in [0.15, 0.2) is 54.6 Å². The fraction of sp³-hybridized carbons (Fsp3) is 0.368. The topological polar surface area (TPSA) is 26.7 Å². The molecule has 2 aromatic rings. The molecule has 1 N–H and O–H groups in total. The molecule has 0 bridgehead atoms. The van der Waals surface area contributed by atoms with Gasteiger partial charge in [0.25, 0.3) is 0 Å². The molecule has 1 aliphatic rings. The van der Waals surface area contributed by atoms with Gasteiger partial charge in [0.15, 0.2) is 0 Å². The number of piperazine rings is 1. The summed E-state index contributed by atoms with van der Waals surface area (Å²) < 4.78 is 0. The first kappa shape index (κ1) is 16.3. The average Bonchev–Trinajstić information content (AvgIpc) is 2.61. The van der Waals surface area contributed by atoms with Crippen LogP contribution < -0.4 is 4.90 Å². The van der Waals surface area contributed by atoms with Crippen molar-refractivity contribution in [1.29, 1.82) is 0 Å². The monoisotopic (exact) mass is 330 g/mol. The average molecular weight is 331 g/mol. The minimum absolute atomic E-state index is 0.370. The molecule has 1 fully saturated rings. The summed E-state index contributed by atoms with van der Waals surface area (Å²) in [6, 6.07) is 18.0. The zero-order valence-corrected chi connectivity index (χ0v) is 14.0. The number of anilines is 1. The molecular formula is C19H23ClN2O. The third kappa shape index (κ3) is 4.47. The van der Waals surface area contributed by atoms with E-state index in [0.717, 1.165) is 49.7 Å². The molecule has 0 radical (unpaired) electrons. The Labute approximate surface area is 143 Å². The molecule has 1 saturated heterocycles. The molecule has 0 spiro atoms. The van der Waals surface area contributed by atoms with E-state index in [4.69, 9.17) is 11.6 Å². The van der Waals surface area contributed by atoms with Crippen molar-refractivity contribution in [1.82, 2.24) is 4.90 Å². The summed E-state index contributed by atoms with van der Waals surface area (Å²) >= 11 is 5.94. The lowest BCUT2D eigenvalue weighted by Gasteiger charge is -2.36. The van der Waals surface area contributed by atoms with Gasteiger partial charge in [-0.2, -0.15) is 0 Å². The van der Waals surface area contributed by atoms with Gasteiger partial charge in [0.05, 0.1) is 6.10 Å². The predicted octanol–water partition coefficient (Wildman–Crippen LogP) is 3.59. The van der Waals surface area contributed by atoms with Crippen LogP contribution in [0.5, 0.6) is 0 Å². The van der Waals surface area contributed by atoms with Gasteiger partial charge >= 0.3 is 0 Å². The van der Waals surface area contributed by atoms with Crippen molar-refractivity contribution in [2.45, 2.75) is 12.5 Å². The Morgan fingerprint density at radius 1 is 0.913 bits per heavy atom. The van der Waals surface area contributed by atoms with Gasteiger partial charge in [-0.1, -0.05) is 41.9 Å². The van der Waals surface area contributed by atoms with E-state index in [-0.39, 0.29) is 6.10 Å². The van der Waals surface area contributed by atoms with Gasteiger partial charge in [0, 0.05) is 43.4 Å². The van der Waals surface area contributed by atoms with Crippen LogP contribution in [0, 0.1) is 0 Å². The van der Waals surface area contributed by atoms with E-state index < -0.39 is 0 Å². The second-order valence-corrected chi connectivity index (χ2v) is 6.46. The van der Waals surface area contributed by atoms with Crippen molar-refractivity contribution in [3.05, 3.63) is 65.2 Å². The Hall–Kier alpha value is -1.55. The van der Waals surface area contributed by atoms with Crippen LogP contribution >= 0.6 is 11.6 Å². The van der Waals surface area contributed by atoms with E-state index in [9.17, 15) is 5.11 Å². The van der Waals surface area contributed by atoms with Gasteiger partial charge in [-0.3, -0.25) is 4.90 Å². The van der Waals surface area contributed by atoms with Crippen molar-refractivity contribution < 1.29 is 5.11 Å². The molecule has 0 aromatic heterocycles. The van der Waals surface area contributed by atoms with Gasteiger partial charge in [0.1, 0.15) is 0 Å². The lowest BCUT2D eigenvalue weighted by Crippen LogP contribution is -2.46. The maximum Gasteiger partial charge on any atom is 0.0802 e. The third-order valence-corrected chi connectivity index (χ3v) is 4.72. The summed E-state index contributed by atoms with van der Waals surface area (Å²) in [5, 5.41) is 11.0. The van der Waals surface area contributed by atoms with E-state index in [2.05, 4.69) is 21.9 Å². The van der Waals surface area contributed by atoms with Crippen LogP contribution in [-0.4, -0.2) is 42.7 Å². The van der Waals surface area contributed by atoms with Crippen molar-refractivity contribution in [2.75, 3.05) is 37.6 Å². The quantitative estimate of drug-likeness (QED) is 0.907. The van der Waals surface area contributed by atoms with Crippen LogP contribution in [0.1, 0.15) is 18.1 Å². The molecule has 122 valence electrons. The van der Waals surface area contributed by atoms with Gasteiger partial charge < -0.3 is 10.0 Å². The second-order valence-electron chi connectivity index (χ2n) is 6.02. The maximum absolute atomic E-state index is 10.3. The van der Waals surface area contributed by atoms with Crippen molar-refractivity contribution in [3.8, 4) is 0 Å². The van der Waals surface area contributed by atoms with Gasteiger partial charge in [-0.15, -0.1) is 0 Å². The molecule has 0 aliphatic carbocycles.